The minimum Gasteiger partial charge on any atom is -0.347 e. The number of carbonyl (C=O) groups is 3. The van der Waals surface area contributed by atoms with Gasteiger partial charge >= 0.3 is 12.6 Å². The maximum atomic E-state index is 13.2. The lowest BCUT2D eigenvalue weighted by Crippen LogP contribution is -2.51. The van der Waals surface area contributed by atoms with Crippen LogP contribution in [0.3, 0.4) is 0 Å². The molecule has 27 heavy (non-hydrogen) atoms. The van der Waals surface area contributed by atoms with Crippen molar-refractivity contribution < 1.29 is 36.7 Å². The number of ketones is 1. The molecule has 2 aliphatic rings. The van der Waals surface area contributed by atoms with Crippen molar-refractivity contribution in [2.75, 3.05) is 13.1 Å². The van der Waals surface area contributed by atoms with Gasteiger partial charge < -0.3 is 20.3 Å². The molecule has 154 valence electrons. The van der Waals surface area contributed by atoms with Crippen LogP contribution in [0.25, 0.3) is 0 Å². The topological polar surface area (TPSA) is 87.7 Å². The fourth-order valence-corrected chi connectivity index (χ4v) is 2.72. The average Bonchev–Trinajstić information content (AvgIpc) is 3.24. The molecule has 2 rings (SSSR count). The second-order valence-electron chi connectivity index (χ2n) is 6.98. The Bertz CT molecular complexity index is 566. The molecule has 2 N–H and O–H groups in total. The summed E-state index contributed by atoms with van der Waals surface area (Å²) in [6, 6.07) is -2.30. The normalized spacial score (nSPS) is 21.3. The zero-order valence-corrected chi connectivity index (χ0v) is 14.9. The van der Waals surface area contributed by atoms with E-state index >= 15 is 0 Å². The summed E-state index contributed by atoms with van der Waals surface area (Å²) in [6.07, 6.45) is -0.298. The van der Waals surface area contributed by atoms with Gasteiger partial charge in [0.2, 0.25) is 11.7 Å². The number of likely N-dealkylation sites (tertiary alicyclic amines) is 1. The highest BCUT2D eigenvalue weighted by Gasteiger charge is 2.36. The highest BCUT2D eigenvalue weighted by molar-refractivity contribution is 6.38. The van der Waals surface area contributed by atoms with Gasteiger partial charge in [-0.15, -0.1) is 0 Å². The van der Waals surface area contributed by atoms with Crippen molar-refractivity contribution in [2.45, 2.75) is 69.7 Å². The van der Waals surface area contributed by atoms with E-state index < -0.39 is 55.2 Å². The summed E-state index contributed by atoms with van der Waals surface area (Å²) in [4.78, 5) is 37.6. The molecule has 2 fully saturated rings. The number of halogens is 4. The van der Waals surface area contributed by atoms with Gasteiger partial charge in [0.15, 0.2) is 0 Å². The molecule has 0 aromatic rings. The summed E-state index contributed by atoms with van der Waals surface area (Å²) in [5, 5.41) is 4.74. The number of nitrogens with zero attached hydrogens (tertiary/aromatic N) is 1. The molecule has 2 atom stereocenters. The number of Topliss-reactive ketones (excluding diaryl/α,β-unsaturated/α-hetero) is 1. The predicted molar refractivity (Wildman–Crippen MR) is 85.4 cm³/mol. The van der Waals surface area contributed by atoms with E-state index in [-0.39, 0.29) is 25.6 Å². The van der Waals surface area contributed by atoms with Gasteiger partial charge in [0.25, 0.3) is 5.91 Å². The van der Waals surface area contributed by atoms with Crippen LogP contribution in [0.1, 0.15) is 39.0 Å². The van der Waals surface area contributed by atoms with Crippen LogP contribution in [0.2, 0.25) is 0 Å². The fraction of sp³-hybridized carbons (Fsp3) is 0.812. The van der Waals surface area contributed by atoms with Gasteiger partial charge in [-0.1, -0.05) is 0 Å². The van der Waals surface area contributed by atoms with Gasteiger partial charge in [-0.25, -0.2) is 13.6 Å². The fourth-order valence-electron chi connectivity index (χ4n) is 2.72. The molecule has 3 amide bonds. The Kier molecular flexibility index (Phi) is 7.01. The molecular weight excluding hydrogens is 374 g/mol. The maximum absolute atomic E-state index is 13.2. The summed E-state index contributed by atoms with van der Waals surface area (Å²) in [5.74, 6) is -5.00. The van der Waals surface area contributed by atoms with Gasteiger partial charge in [-0.3, -0.25) is 9.59 Å². The predicted octanol–water partition coefficient (Wildman–Crippen LogP) is 1.66. The first-order valence-corrected chi connectivity index (χ1v) is 8.77. The molecule has 7 nitrogen and oxygen atoms in total. The zero-order valence-electron chi connectivity index (χ0n) is 14.9. The summed E-state index contributed by atoms with van der Waals surface area (Å²) in [7, 11) is 0. The molecule has 1 unspecified atom stereocenters. The van der Waals surface area contributed by atoms with Gasteiger partial charge in [0.05, 0.1) is 12.1 Å². The second kappa shape index (κ2) is 8.85. The van der Waals surface area contributed by atoms with Crippen molar-refractivity contribution in [1.29, 1.82) is 0 Å². The van der Waals surface area contributed by atoms with Crippen LogP contribution in [0, 0.1) is 0 Å². The molecule has 0 aromatic carbocycles. The minimum absolute atomic E-state index is 0.101. The van der Waals surface area contributed by atoms with Crippen LogP contribution in [-0.2, 0) is 14.3 Å². The summed E-state index contributed by atoms with van der Waals surface area (Å²) in [5.41, 5.74) is 0. The molecule has 1 saturated carbocycles. The summed E-state index contributed by atoms with van der Waals surface area (Å²) in [6.45, 7) is -2.30. The van der Waals surface area contributed by atoms with E-state index in [0.717, 1.165) is 17.7 Å². The van der Waals surface area contributed by atoms with E-state index in [9.17, 15) is 31.9 Å². The van der Waals surface area contributed by atoms with E-state index in [1.54, 1.807) is 0 Å². The van der Waals surface area contributed by atoms with E-state index in [2.05, 4.69) is 15.4 Å². The van der Waals surface area contributed by atoms with Crippen LogP contribution in [0.5, 0.6) is 0 Å². The highest BCUT2D eigenvalue weighted by Crippen LogP contribution is 2.22. The van der Waals surface area contributed by atoms with Crippen LogP contribution < -0.4 is 10.6 Å². The molecule has 1 saturated heterocycles. The second-order valence-corrected chi connectivity index (χ2v) is 6.98. The van der Waals surface area contributed by atoms with E-state index in [1.165, 1.54) is 0 Å². The largest absolute Gasteiger partial charge is 0.347 e. The van der Waals surface area contributed by atoms with Gasteiger partial charge in [-0.05, 0) is 32.6 Å². The van der Waals surface area contributed by atoms with Crippen LogP contribution >= 0.6 is 0 Å². The lowest BCUT2D eigenvalue weighted by atomic mass is 10.0. The maximum Gasteiger partial charge on any atom is 0.345 e. The SMILES string of the molecule is CC(F)(F)CC[C@H](NC(=O)N1CCC(OC(F)F)C1)C(=O)C(=O)NC1CC1. The van der Waals surface area contributed by atoms with Crippen LogP contribution in [-0.4, -0.2) is 66.4 Å². The third kappa shape index (κ3) is 7.31. The van der Waals surface area contributed by atoms with E-state index in [4.69, 9.17) is 0 Å². The number of amides is 3. The summed E-state index contributed by atoms with van der Waals surface area (Å²) < 4.78 is 55.1. The van der Waals surface area contributed by atoms with E-state index in [1.807, 2.05) is 0 Å². The molecule has 0 aromatic heterocycles. The van der Waals surface area contributed by atoms with Crippen molar-refractivity contribution in [2.24, 2.45) is 0 Å². The Morgan fingerprint density at radius 1 is 1.22 bits per heavy atom. The number of carbonyl (C=O) groups excluding carboxylic acids is 3. The quantitative estimate of drug-likeness (QED) is 0.458. The Hall–Kier alpha value is -1.91. The zero-order chi connectivity index (χ0) is 20.2. The van der Waals surface area contributed by atoms with Crippen molar-refractivity contribution in [3.05, 3.63) is 0 Å². The monoisotopic (exact) mass is 397 g/mol. The van der Waals surface area contributed by atoms with Crippen molar-refractivity contribution in [3.63, 3.8) is 0 Å². The number of nitrogens with one attached hydrogen (secondary N) is 2. The number of ether oxygens (including phenoxy) is 1. The lowest BCUT2D eigenvalue weighted by Gasteiger charge is -2.23. The van der Waals surface area contributed by atoms with Crippen molar-refractivity contribution >= 4 is 17.7 Å². The number of rotatable bonds is 9. The van der Waals surface area contributed by atoms with E-state index in [0.29, 0.717) is 6.92 Å². The van der Waals surface area contributed by atoms with Gasteiger partial charge in [-0.2, -0.15) is 8.78 Å². The molecule has 1 aliphatic carbocycles. The molecule has 0 bridgehead atoms. The lowest BCUT2D eigenvalue weighted by molar-refractivity contribution is -0.158. The highest BCUT2D eigenvalue weighted by atomic mass is 19.3. The first-order valence-electron chi connectivity index (χ1n) is 8.77. The number of alkyl halides is 4. The minimum atomic E-state index is -3.07. The molecular formula is C16H23F4N3O4. The molecule has 1 aliphatic heterocycles. The first-order chi connectivity index (χ1) is 12.5. The third-order valence-electron chi connectivity index (χ3n) is 4.35. The Labute approximate surface area is 153 Å². The smallest absolute Gasteiger partial charge is 0.345 e. The van der Waals surface area contributed by atoms with Crippen molar-refractivity contribution in [1.82, 2.24) is 15.5 Å². The third-order valence-corrected chi connectivity index (χ3v) is 4.35. The van der Waals surface area contributed by atoms with Crippen LogP contribution in [0.4, 0.5) is 22.4 Å². The van der Waals surface area contributed by atoms with Gasteiger partial charge in [0, 0.05) is 25.6 Å². The van der Waals surface area contributed by atoms with Crippen molar-refractivity contribution in [3.8, 4) is 0 Å². The first kappa shape index (κ1) is 21.4. The molecule has 0 radical (unpaired) electrons. The molecule has 1 heterocycles. The Balaban J connectivity index is 1.94. The number of urea groups is 1. The number of hydrogen-bond donors (Lipinski definition) is 2. The average molecular weight is 397 g/mol. The van der Waals surface area contributed by atoms with Crippen LogP contribution in [0.15, 0.2) is 0 Å². The Morgan fingerprint density at radius 2 is 1.89 bits per heavy atom. The molecule has 0 spiro atoms. The number of hydrogen-bond acceptors (Lipinski definition) is 4. The standard InChI is InChI=1S/C16H23F4N3O4/c1-16(19,20)6-4-11(12(24)13(25)21-9-2-3-9)22-15(26)23-7-5-10(8-23)27-14(17)18/h9-11,14H,2-8H2,1H3,(H,21,25)(H,22,26)/t10?,11-/m0/s1. The van der Waals surface area contributed by atoms with Gasteiger partial charge in [0.1, 0.15) is 0 Å². The summed E-state index contributed by atoms with van der Waals surface area (Å²) >= 11 is 0. The Morgan fingerprint density at radius 3 is 2.44 bits per heavy atom. The molecule has 11 heteroatoms.